The van der Waals surface area contributed by atoms with Crippen LogP contribution in [0.25, 0.3) is 0 Å². The van der Waals surface area contributed by atoms with Crippen molar-refractivity contribution in [2.45, 2.75) is 76.2 Å². The summed E-state index contributed by atoms with van der Waals surface area (Å²) < 4.78 is 0. The second-order valence-corrected chi connectivity index (χ2v) is 8.04. The molecule has 1 aromatic carbocycles. The Labute approximate surface area is 172 Å². The van der Waals surface area contributed by atoms with Crippen LogP contribution in [0.1, 0.15) is 51.0 Å². The van der Waals surface area contributed by atoms with E-state index in [9.17, 15) is 14.4 Å². The third kappa shape index (κ3) is 4.96. The molecule has 2 aliphatic rings. The predicted octanol–water partition coefficient (Wildman–Crippen LogP) is 0.303. The molecule has 2 aliphatic heterocycles. The summed E-state index contributed by atoms with van der Waals surface area (Å²) in [4.78, 5) is 40.4. The number of nitrogens with two attached hydrogens (primary N) is 1. The largest absolute Gasteiger partial charge is 0.350 e. The quantitative estimate of drug-likeness (QED) is 0.613. The number of benzene rings is 1. The molecular weight excluding hydrogens is 368 g/mol. The van der Waals surface area contributed by atoms with Gasteiger partial charge in [-0.25, -0.2) is 0 Å². The van der Waals surface area contributed by atoms with Crippen LogP contribution >= 0.6 is 0 Å². The third-order valence-corrected chi connectivity index (χ3v) is 6.19. The number of hydrogen-bond acceptors (Lipinski definition) is 3. The number of nitrogens with zero attached hydrogens (tertiary/aromatic N) is 1. The van der Waals surface area contributed by atoms with Crippen LogP contribution in [-0.2, 0) is 20.9 Å². The van der Waals surface area contributed by atoms with Crippen LogP contribution < -0.4 is 16.0 Å². The number of carbonyl (C=O) groups is 3. The minimum atomic E-state index is -0.538. The number of hydrogen-bond donors (Lipinski definition) is 3. The number of likely N-dealkylation sites (N-methyl/N-ethyl adjacent to an activating group) is 1. The van der Waals surface area contributed by atoms with Crippen molar-refractivity contribution in [2.24, 2.45) is 0 Å². The zero-order valence-corrected chi connectivity index (χ0v) is 17.4. The summed E-state index contributed by atoms with van der Waals surface area (Å²) in [7, 11) is 1.87. The Balaban J connectivity index is 1.66. The van der Waals surface area contributed by atoms with E-state index in [4.69, 9.17) is 0 Å². The topological polar surface area (TPSA) is 95.1 Å². The van der Waals surface area contributed by atoms with Gasteiger partial charge in [0.2, 0.25) is 11.8 Å². The van der Waals surface area contributed by atoms with Crippen LogP contribution in [0.4, 0.5) is 0 Å². The van der Waals surface area contributed by atoms with Crippen LogP contribution in [-0.4, -0.2) is 53.8 Å². The fraction of sp³-hybridized carbons (Fsp3) is 0.591. The molecule has 1 aromatic rings. The summed E-state index contributed by atoms with van der Waals surface area (Å²) >= 11 is 0. The number of amides is 3. The summed E-state index contributed by atoms with van der Waals surface area (Å²) in [5.74, 6) is -0.315. The van der Waals surface area contributed by atoms with Gasteiger partial charge in [-0.15, -0.1) is 0 Å². The fourth-order valence-corrected chi connectivity index (χ4v) is 4.51. The summed E-state index contributed by atoms with van der Waals surface area (Å²) in [6.07, 6.45) is 4.63. The van der Waals surface area contributed by atoms with Crippen molar-refractivity contribution < 1.29 is 19.7 Å². The molecule has 158 valence electrons. The Hall–Kier alpha value is -2.41. The van der Waals surface area contributed by atoms with Gasteiger partial charge in [-0.05, 0) is 37.7 Å². The minimum Gasteiger partial charge on any atom is -0.350 e. The highest BCUT2D eigenvalue weighted by Crippen LogP contribution is 2.32. The molecule has 0 bridgehead atoms. The van der Waals surface area contributed by atoms with Crippen molar-refractivity contribution in [3.63, 3.8) is 0 Å². The fourth-order valence-electron chi connectivity index (χ4n) is 4.51. The maximum absolute atomic E-state index is 13.3. The van der Waals surface area contributed by atoms with E-state index >= 15 is 0 Å². The van der Waals surface area contributed by atoms with E-state index in [-0.39, 0.29) is 29.8 Å². The molecule has 0 aromatic heterocycles. The smallest absolute Gasteiger partial charge is 0.278 e. The lowest BCUT2D eigenvalue weighted by Gasteiger charge is -2.30. The number of carbonyl (C=O) groups excluding carboxylic acids is 3. The highest BCUT2D eigenvalue weighted by atomic mass is 16.2. The summed E-state index contributed by atoms with van der Waals surface area (Å²) in [6, 6.07) is 8.67. The lowest BCUT2D eigenvalue weighted by Crippen LogP contribution is -2.89. The Morgan fingerprint density at radius 3 is 2.62 bits per heavy atom. The molecule has 0 unspecified atom stereocenters. The first-order valence-electron chi connectivity index (χ1n) is 10.8. The third-order valence-electron chi connectivity index (χ3n) is 6.19. The van der Waals surface area contributed by atoms with Crippen molar-refractivity contribution in [2.75, 3.05) is 7.05 Å². The average molecular weight is 402 g/mol. The van der Waals surface area contributed by atoms with Gasteiger partial charge in [0.05, 0.1) is 7.05 Å². The SMILES string of the molecule is CC[C@H]([NH2+]C)C(=O)N[C@H]1CCC[C@H]2CC[C@@H](C(=O)NCc3ccccc3)N2C1=O. The lowest BCUT2D eigenvalue weighted by atomic mass is 10.1. The van der Waals surface area contributed by atoms with E-state index in [1.54, 1.807) is 4.90 Å². The molecule has 7 nitrogen and oxygen atoms in total. The van der Waals surface area contributed by atoms with Crippen molar-refractivity contribution in [1.82, 2.24) is 15.5 Å². The standard InChI is InChI=1S/C22H32N4O3/c1-3-17(23-2)20(27)25-18-11-7-10-16-12-13-19(26(16)22(18)29)21(28)24-14-15-8-5-4-6-9-15/h4-6,8-9,16-19,23H,3,7,10-14H2,1-2H3,(H,24,28)(H,25,27)/p+1/t16-,17-,18-,19-/m0/s1. The Morgan fingerprint density at radius 1 is 1.17 bits per heavy atom. The molecule has 0 spiro atoms. The second kappa shape index (κ2) is 9.87. The van der Waals surface area contributed by atoms with Crippen molar-refractivity contribution in [3.05, 3.63) is 35.9 Å². The molecule has 2 heterocycles. The van der Waals surface area contributed by atoms with E-state index in [2.05, 4.69) is 10.6 Å². The Morgan fingerprint density at radius 2 is 1.93 bits per heavy atom. The molecule has 2 saturated heterocycles. The van der Waals surface area contributed by atoms with Crippen molar-refractivity contribution >= 4 is 17.7 Å². The lowest BCUT2D eigenvalue weighted by molar-refractivity contribution is -0.650. The Kier molecular flexibility index (Phi) is 7.25. The van der Waals surface area contributed by atoms with Gasteiger partial charge in [-0.1, -0.05) is 37.3 Å². The highest BCUT2D eigenvalue weighted by Gasteiger charge is 2.44. The summed E-state index contributed by atoms with van der Waals surface area (Å²) in [6.45, 7) is 2.41. The molecule has 7 heteroatoms. The molecule has 0 aliphatic carbocycles. The van der Waals surface area contributed by atoms with Crippen molar-refractivity contribution in [3.8, 4) is 0 Å². The molecule has 0 radical (unpaired) electrons. The zero-order chi connectivity index (χ0) is 20.8. The van der Waals surface area contributed by atoms with Crippen molar-refractivity contribution in [1.29, 1.82) is 0 Å². The van der Waals surface area contributed by atoms with Crippen LogP contribution in [0, 0.1) is 0 Å². The van der Waals surface area contributed by atoms with Gasteiger partial charge in [-0.2, -0.15) is 0 Å². The average Bonchev–Trinajstić information content (AvgIpc) is 3.10. The first-order chi connectivity index (χ1) is 14.0. The number of fused-ring (bicyclic) bond motifs is 1. The first kappa shape index (κ1) is 21.3. The van der Waals surface area contributed by atoms with Crippen LogP contribution in [0.3, 0.4) is 0 Å². The number of quaternary nitrogens is 1. The van der Waals surface area contributed by atoms with E-state index < -0.39 is 12.1 Å². The monoisotopic (exact) mass is 401 g/mol. The van der Waals surface area contributed by atoms with E-state index in [0.29, 0.717) is 25.8 Å². The summed E-state index contributed by atoms with van der Waals surface area (Å²) in [5, 5.41) is 7.80. The normalized spacial score (nSPS) is 25.1. The molecule has 2 fully saturated rings. The van der Waals surface area contributed by atoms with Crippen LogP contribution in [0.15, 0.2) is 30.3 Å². The zero-order valence-electron chi connectivity index (χ0n) is 17.4. The van der Waals surface area contributed by atoms with E-state index in [0.717, 1.165) is 24.8 Å². The van der Waals surface area contributed by atoms with Gasteiger partial charge < -0.3 is 20.9 Å². The molecule has 0 saturated carbocycles. The van der Waals surface area contributed by atoms with Crippen LogP contribution in [0.5, 0.6) is 0 Å². The van der Waals surface area contributed by atoms with E-state index in [1.165, 1.54) is 0 Å². The molecule has 4 atom stereocenters. The van der Waals surface area contributed by atoms with Gasteiger partial charge in [0.1, 0.15) is 12.1 Å². The highest BCUT2D eigenvalue weighted by molar-refractivity contribution is 5.93. The number of nitrogens with one attached hydrogen (secondary N) is 2. The maximum Gasteiger partial charge on any atom is 0.278 e. The van der Waals surface area contributed by atoms with Gasteiger partial charge in [-0.3, -0.25) is 14.4 Å². The first-order valence-corrected chi connectivity index (χ1v) is 10.8. The Bertz CT molecular complexity index is 720. The molecular formula is C22H33N4O3+. The van der Waals surface area contributed by atoms with Gasteiger partial charge in [0, 0.05) is 19.0 Å². The van der Waals surface area contributed by atoms with Crippen LogP contribution in [0.2, 0.25) is 0 Å². The molecule has 3 rings (SSSR count). The minimum absolute atomic E-state index is 0.0941. The maximum atomic E-state index is 13.3. The van der Waals surface area contributed by atoms with Gasteiger partial charge in [0.15, 0.2) is 6.04 Å². The second-order valence-electron chi connectivity index (χ2n) is 8.04. The molecule has 29 heavy (non-hydrogen) atoms. The molecule has 4 N–H and O–H groups in total. The van der Waals surface area contributed by atoms with Gasteiger partial charge >= 0.3 is 0 Å². The number of rotatable bonds is 7. The molecule has 3 amide bonds. The predicted molar refractivity (Wildman–Crippen MR) is 110 cm³/mol. The van der Waals surface area contributed by atoms with Gasteiger partial charge in [0.25, 0.3) is 5.91 Å². The summed E-state index contributed by atoms with van der Waals surface area (Å²) in [5.41, 5.74) is 1.03. The van der Waals surface area contributed by atoms with E-state index in [1.807, 2.05) is 49.6 Å².